The smallest absolute Gasteiger partial charge is 0.445 e. The van der Waals surface area contributed by atoms with Crippen LogP contribution in [-0.2, 0) is 0 Å². The first-order chi connectivity index (χ1) is 6.59. The normalized spacial score (nSPS) is 11.1. The fourth-order valence-corrected chi connectivity index (χ4v) is 1.54. The number of halogens is 3. The molecule has 0 spiro atoms. The summed E-state index contributed by atoms with van der Waals surface area (Å²) in [5.41, 5.74) is -0.511. The second kappa shape index (κ2) is 5.01. The topological polar surface area (TPSA) is 0 Å². The van der Waals surface area contributed by atoms with Crippen LogP contribution in [0.15, 0.2) is 42.5 Å². The third-order valence-corrected chi connectivity index (χ3v) is 2.18. The van der Waals surface area contributed by atoms with E-state index in [1.807, 2.05) is 0 Å². The molecule has 0 saturated heterocycles. The summed E-state index contributed by atoms with van der Waals surface area (Å²) >= 11 is 0. The standard InChI is InChI=1S/C10H7BF3.K/c12-11(13,14)10-7-3-5-8-4-1-2-6-9(8)10;/h1-7H;/q-1;+1. The van der Waals surface area contributed by atoms with E-state index in [2.05, 4.69) is 0 Å². The van der Waals surface area contributed by atoms with Crippen molar-refractivity contribution in [3.05, 3.63) is 42.5 Å². The van der Waals surface area contributed by atoms with Gasteiger partial charge in [0.1, 0.15) is 0 Å². The van der Waals surface area contributed by atoms with E-state index in [1.54, 1.807) is 24.3 Å². The van der Waals surface area contributed by atoms with E-state index in [4.69, 9.17) is 0 Å². The molecule has 0 fully saturated rings. The van der Waals surface area contributed by atoms with Gasteiger partial charge in [-0.3, -0.25) is 0 Å². The summed E-state index contributed by atoms with van der Waals surface area (Å²) in [7, 11) is 0. The molecule has 0 aliphatic carbocycles. The zero-order valence-electron chi connectivity index (χ0n) is 8.25. The Morgan fingerprint density at radius 2 is 1.40 bits per heavy atom. The van der Waals surface area contributed by atoms with Crippen molar-refractivity contribution < 1.29 is 64.3 Å². The quantitative estimate of drug-likeness (QED) is 0.604. The molecule has 0 N–H and O–H groups in total. The van der Waals surface area contributed by atoms with Crippen molar-refractivity contribution in [2.75, 3.05) is 0 Å². The second-order valence-corrected chi connectivity index (χ2v) is 3.14. The fourth-order valence-electron chi connectivity index (χ4n) is 1.54. The maximum atomic E-state index is 12.6. The van der Waals surface area contributed by atoms with Crippen LogP contribution in [0.1, 0.15) is 0 Å². The van der Waals surface area contributed by atoms with Gasteiger partial charge in [0.2, 0.25) is 0 Å². The molecule has 2 aromatic rings. The van der Waals surface area contributed by atoms with E-state index in [1.165, 1.54) is 12.1 Å². The van der Waals surface area contributed by atoms with E-state index in [9.17, 15) is 12.9 Å². The first-order valence-corrected chi connectivity index (χ1v) is 4.26. The van der Waals surface area contributed by atoms with Crippen LogP contribution in [0.4, 0.5) is 12.9 Å². The van der Waals surface area contributed by atoms with Crippen molar-refractivity contribution in [3.63, 3.8) is 0 Å². The number of hydrogen-bond acceptors (Lipinski definition) is 0. The predicted molar refractivity (Wildman–Crippen MR) is 52.7 cm³/mol. The molecule has 0 saturated carbocycles. The number of hydrogen-bond donors (Lipinski definition) is 0. The molecule has 0 aromatic heterocycles. The van der Waals surface area contributed by atoms with Gasteiger partial charge in [-0.25, -0.2) is 0 Å². The molecule has 0 amide bonds. The van der Waals surface area contributed by atoms with Crippen molar-refractivity contribution in [2.24, 2.45) is 0 Å². The molecule has 2 rings (SSSR count). The zero-order chi connectivity index (χ0) is 10.2. The molecule has 15 heavy (non-hydrogen) atoms. The SMILES string of the molecule is F[B-](F)(F)c1cccc2ccccc12.[K+]. The van der Waals surface area contributed by atoms with Crippen molar-refractivity contribution >= 4 is 23.2 Å². The van der Waals surface area contributed by atoms with Gasteiger partial charge in [0, 0.05) is 0 Å². The van der Waals surface area contributed by atoms with Gasteiger partial charge in [-0.2, -0.15) is 0 Å². The van der Waals surface area contributed by atoms with Gasteiger partial charge in [0.05, 0.1) is 0 Å². The molecule has 0 aliphatic heterocycles. The Morgan fingerprint density at radius 3 is 2.07 bits per heavy atom. The Morgan fingerprint density at radius 1 is 0.800 bits per heavy atom. The van der Waals surface area contributed by atoms with Crippen LogP contribution in [0, 0.1) is 0 Å². The molecule has 0 unspecified atom stereocenters. The van der Waals surface area contributed by atoms with Crippen molar-refractivity contribution in [3.8, 4) is 0 Å². The molecule has 0 atom stereocenters. The Balaban J connectivity index is 0.00000112. The van der Waals surface area contributed by atoms with Gasteiger partial charge in [-0.15, -0.1) is 5.46 Å². The zero-order valence-corrected chi connectivity index (χ0v) is 11.4. The molecule has 72 valence electrons. The summed E-state index contributed by atoms with van der Waals surface area (Å²) in [6.45, 7) is -4.92. The van der Waals surface area contributed by atoms with Crippen molar-refractivity contribution in [1.29, 1.82) is 0 Å². The molecule has 0 nitrogen and oxygen atoms in total. The maximum absolute atomic E-state index is 12.6. The summed E-state index contributed by atoms with van der Waals surface area (Å²) in [6, 6.07) is 10.8. The molecule has 0 radical (unpaired) electrons. The summed E-state index contributed by atoms with van der Waals surface area (Å²) in [6.07, 6.45) is 0. The van der Waals surface area contributed by atoms with Gasteiger partial charge in [0.15, 0.2) is 0 Å². The van der Waals surface area contributed by atoms with Crippen LogP contribution in [0.3, 0.4) is 0 Å². The van der Waals surface area contributed by atoms with Gasteiger partial charge in [-0.05, 0) is 10.8 Å². The predicted octanol–water partition coefficient (Wildman–Crippen LogP) is -0.102. The number of rotatable bonds is 1. The molecule has 5 heteroatoms. The minimum absolute atomic E-state index is 0. The molecule has 0 bridgehead atoms. The summed E-state index contributed by atoms with van der Waals surface area (Å²) in [5, 5.41) is 0.909. The van der Waals surface area contributed by atoms with Crippen LogP contribution < -0.4 is 56.8 Å². The average Bonchev–Trinajstić information content (AvgIpc) is 2.15. The molecule has 0 heterocycles. The Kier molecular flexibility index (Phi) is 4.43. The van der Waals surface area contributed by atoms with E-state index in [-0.39, 0.29) is 56.8 Å². The first-order valence-electron chi connectivity index (χ1n) is 4.26. The third kappa shape index (κ3) is 2.85. The van der Waals surface area contributed by atoms with E-state index >= 15 is 0 Å². The van der Waals surface area contributed by atoms with Crippen molar-refractivity contribution in [1.82, 2.24) is 0 Å². The monoisotopic (exact) mass is 234 g/mol. The maximum Gasteiger partial charge on any atom is 1.00 e. The Labute approximate surface area is 128 Å². The minimum Gasteiger partial charge on any atom is -0.445 e. The summed E-state index contributed by atoms with van der Waals surface area (Å²) in [4.78, 5) is 0. The number of fused-ring (bicyclic) bond motifs is 1. The second-order valence-electron chi connectivity index (χ2n) is 3.14. The van der Waals surface area contributed by atoms with Gasteiger partial charge in [0.25, 0.3) is 0 Å². The Bertz CT molecular complexity index is 462. The van der Waals surface area contributed by atoms with E-state index in [0.717, 1.165) is 6.07 Å². The van der Waals surface area contributed by atoms with Crippen LogP contribution in [0.25, 0.3) is 10.8 Å². The fraction of sp³-hybridized carbons (Fsp3) is 0. The summed E-state index contributed by atoms with van der Waals surface area (Å²) in [5.74, 6) is 0. The van der Waals surface area contributed by atoms with Crippen LogP contribution in [0.2, 0.25) is 0 Å². The van der Waals surface area contributed by atoms with Crippen LogP contribution >= 0.6 is 0 Å². The van der Waals surface area contributed by atoms with Gasteiger partial charge < -0.3 is 12.9 Å². The average molecular weight is 234 g/mol. The van der Waals surface area contributed by atoms with Crippen molar-refractivity contribution in [2.45, 2.75) is 0 Å². The molecule has 0 aliphatic rings. The van der Waals surface area contributed by atoms with Crippen LogP contribution in [-0.4, -0.2) is 6.98 Å². The van der Waals surface area contributed by atoms with Gasteiger partial charge in [-0.1, -0.05) is 42.5 Å². The minimum atomic E-state index is -4.92. The third-order valence-electron chi connectivity index (χ3n) is 2.18. The largest absolute Gasteiger partial charge is 1.00 e. The van der Waals surface area contributed by atoms with Crippen LogP contribution in [0.5, 0.6) is 0 Å². The number of benzene rings is 2. The van der Waals surface area contributed by atoms with Gasteiger partial charge >= 0.3 is 58.4 Å². The summed E-state index contributed by atoms with van der Waals surface area (Å²) < 4.78 is 37.7. The Hall–Kier alpha value is 0.191. The molecule has 2 aromatic carbocycles. The first kappa shape index (κ1) is 13.3. The molecular weight excluding hydrogens is 227 g/mol. The van der Waals surface area contributed by atoms with E-state index in [0.29, 0.717) is 5.39 Å². The molecular formula is C10H7BF3K. The van der Waals surface area contributed by atoms with E-state index < -0.39 is 12.4 Å².